The predicted octanol–water partition coefficient (Wildman–Crippen LogP) is 4.77. The normalized spacial score (nSPS) is 50.4. The van der Waals surface area contributed by atoms with Crippen molar-refractivity contribution in [1.82, 2.24) is 0 Å². The molecule has 0 N–H and O–H groups in total. The van der Waals surface area contributed by atoms with Gasteiger partial charge in [-0.2, -0.15) is 0 Å². The summed E-state index contributed by atoms with van der Waals surface area (Å²) in [4.78, 5) is 37.0. The van der Waals surface area contributed by atoms with Crippen molar-refractivity contribution >= 4 is 17.5 Å². The van der Waals surface area contributed by atoms with E-state index in [9.17, 15) is 14.4 Å². The van der Waals surface area contributed by atoms with Crippen LogP contribution in [0.25, 0.3) is 0 Å². The Bertz CT molecular complexity index is 1020. The van der Waals surface area contributed by atoms with Crippen molar-refractivity contribution in [2.24, 2.45) is 34.5 Å². The van der Waals surface area contributed by atoms with Crippen molar-refractivity contribution in [3.8, 4) is 0 Å². The van der Waals surface area contributed by atoms with Crippen LogP contribution in [0.5, 0.6) is 0 Å². The van der Waals surface area contributed by atoms with Crippen LogP contribution < -0.4 is 0 Å². The number of halogens is 3. The molecule has 0 amide bonds. The molecule has 4 saturated carbocycles. The molecule has 8 atom stereocenters. The lowest BCUT2D eigenvalue weighted by Crippen LogP contribution is -2.60. The van der Waals surface area contributed by atoms with E-state index in [0.29, 0.717) is 24.8 Å². The smallest absolute Gasteiger partial charge is 0.303 e. The van der Waals surface area contributed by atoms with Gasteiger partial charge in [0.25, 0.3) is 5.92 Å². The zero-order chi connectivity index (χ0) is 23.6. The van der Waals surface area contributed by atoms with E-state index in [0.717, 1.165) is 6.08 Å². The van der Waals surface area contributed by atoms with E-state index >= 15 is 13.2 Å². The van der Waals surface area contributed by atoms with E-state index in [1.807, 2.05) is 13.8 Å². The summed E-state index contributed by atoms with van der Waals surface area (Å²) in [6.45, 7) is 10.3. The number of fused-ring (bicyclic) bond motifs is 8. The summed E-state index contributed by atoms with van der Waals surface area (Å²) in [6, 6.07) is 0. The Balaban J connectivity index is 1.68. The molecule has 0 bridgehead atoms. The van der Waals surface area contributed by atoms with Crippen molar-refractivity contribution in [2.45, 2.75) is 77.0 Å². The van der Waals surface area contributed by atoms with Gasteiger partial charge < -0.3 is 4.74 Å². The third kappa shape index (κ3) is 2.10. The minimum Gasteiger partial charge on any atom is -0.446 e. The summed E-state index contributed by atoms with van der Waals surface area (Å²) < 4.78 is 52.3. The average Bonchev–Trinajstić information content (AvgIpc) is 3.03. The van der Waals surface area contributed by atoms with Gasteiger partial charge >= 0.3 is 5.97 Å². The molecule has 4 nitrogen and oxygen atoms in total. The minimum atomic E-state index is -3.57. The molecule has 0 aromatic heterocycles. The fraction of sp³-hybridized carbons (Fsp3) is 0.720. The van der Waals surface area contributed by atoms with Crippen LogP contribution in [0.1, 0.15) is 59.8 Å². The Labute approximate surface area is 185 Å². The van der Waals surface area contributed by atoms with Gasteiger partial charge in [0.1, 0.15) is 0 Å². The Hall–Kier alpha value is -1.92. The fourth-order valence-corrected chi connectivity index (χ4v) is 8.56. The molecule has 0 heterocycles. The second kappa shape index (κ2) is 5.95. The number of hydrogen-bond acceptors (Lipinski definition) is 4. The minimum absolute atomic E-state index is 0.0317. The SMILES string of the molecule is C=C1C[C@H]2[C@@H]3C4C(F)(F)C4(F)C4=CC(=O)CC[C@]4(C)[C@H]3CC[C@]2(C)[C@@]1(OC(C)=O)C(C)=O. The van der Waals surface area contributed by atoms with Gasteiger partial charge in [0.15, 0.2) is 17.2 Å². The molecule has 2 unspecified atom stereocenters. The van der Waals surface area contributed by atoms with Crippen molar-refractivity contribution in [2.75, 3.05) is 0 Å². The van der Waals surface area contributed by atoms with Crippen LogP contribution in [0.3, 0.4) is 0 Å². The molecule has 7 heteroatoms. The maximum absolute atomic E-state index is 16.1. The number of rotatable bonds is 2. The van der Waals surface area contributed by atoms with Gasteiger partial charge in [-0.3, -0.25) is 14.4 Å². The lowest BCUT2D eigenvalue weighted by Gasteiger charge is -2.58. The highest BCUT2D eigenvalue weighted by Gasteiger charge is 2.92. The van der Waals surface area contributed by atoms with E-state index in [4.69, 9.17) is 4.74 Å². The molecule has 4 fully saturated rings. The molecular weight excluding hydrogens is 421 g/mol. The Morgan fingerprint density at radius 1 is 1.12 bits per heavy atom. The van der Waals surface area contributed by atoms with Gasteiger partial charge in [0.05, 0.1) is 5.92 Å². The number of ketones is 2. The highest BCUT2D eigenvalue weighted by Crippen LogP contribution is 2.82. The quantitative estimate of drug-likeness (QED) is 0.449. The lowest BCUT2D eigenvalue weighted by molar-refractivity contribution is -0.183. The summed E-state index contributed by atoms with van der Waals surface area (Å²) in [6.07, 6.45) is 2.91. The molecule has 5 aliphatic rings. The first-order valence-corrected chi connectivity index (χ1v) is 11.4. The van der Waals surface area contributed by atoms with Crippen molar-refractivity contribution in [3.63, 3.8) is 0 Å². The molecule has 32 heavy (non-hydrogen) atoms. The van der Waals surface area contributed by atoms with Gasteiger partial charge in [-0.25, -0.2) is 13.2 Å². The van der Waals surface area contributed by atoms with Crippen molar-refractivity contribution in [1.29, 1.82) is 0 Å². The molecule has 0 aliphatic heterocycles. The second-order valence-corrected chi connectivity index (χ2v) is 11.1. The molecular formula is C25H29F3O4. The number of alkyl halides is 3. The molecule has 0 spiro atoms. The second-order valence-electron chi connectivity index (χ2n) is 11.1. The number of allylic oxidation sites excluding steroid dienone is 1. The summed E-state index contributed by atoms with van der Waals surface area (Å²) in [5.74, 6) is -7.82. The van der Waals surface area contributed by atoms with E-state index < -0.39 is 51.7 Å². The largest absolute Gasteiger partial charge is 0.446 e. The van der Waals surface area contributed by atoms with Crippen molar-refractivity contribution < 1.29 is 32.3 Å². The predicted molar refractivity (Wildman–Crippen MR) is 109 cm³/mol. The lowest BCUT2D eigenvalue weighted by atomic mass is 9.46. The number of carbonyl (C=O) groups excluding carboxylic acids is 3. The molecule has 5 aliphatic carbocycles. The number of hydrogen-bond donors (Lipinski definition) is 0. The summed E-state index contributed by atoms with van der Waals surface area (Å²) in [5, 5.41) is 0. The molecule has 0 aromatic carbocycles. The summed E-state index contributed by atoms with van der Waals surface area (Å²) in [5.41, 5.74) is -5.82. The van der Waals surface area contributed by atoms with E-state index in [1.165, 1.54) is 13.8 Å². The maximum atomic E-state index is 16.1. The first-order chi connectivity index (χ1) is 14.7. The third-order valence-electron chi connectivity index (χ3n) is 9.91. The van der Waals surface area contributed by atoms with Crippen LogP contribution in [0.15, 0.2) is 23.8 Å². The Morgan fingerprint density at radius 2 is 1.78 bits per heavy atom. The molecule has 5 rings (SSSR count). The molecule has 0 aromatic rings. The van der Waals surface area contributed by atoms with Gasteiger partial charge in [-0.05, 0) is 73.0 Å². The molecule has 174 valence electrons. The van der Waals surface area contributed by atoms with Crippen LogP contribution in [0, 0.1) is 34.5 Å². The van der Waals surface area contributed by atoms with Crippen LogP contribution >= 0.6 is 0 Å². The van der Waals surface area contributed by atoms with E-state index in [1.54, 1.807) is 0 Å². The topological polar surface area (TPSA) is 60.4 Å². The highest BCUT2D eigenvalue weighted by atomic mass is 19.3. The first-order valence-electron chi connectivity index (χ1n) is 11.4. The van der Waals surface area contributed by atoms with Crippen LogP contribution in [-0.4, -0.2) is 34.7 Å². The van der Waals surface area contributed by atoms with Crippen LogP contribution in [-0.2, 0) is 19.1 Å². The van der Waals surface area contributed by atoms with E-state index in [2.05, 4.69) is 6.58 Å². The van der Waals surface area contributed by atoms with Gasteiger partial charge in [-0.1, -0.05) is 20.4 Å². The van der Waals surface area contributed by atoms with E-state index in [-0.39, 0.29) is 35.9 Å². The zero-order valence-electron chi connectivity index (χ0n) is 18.9. The zero-order valence-corrected chi connectivity index (χ0v) is 18.9. The van der Waals surface area contributed by atoms with Gasteiger partial charge in [-0.15, -0.1) is 0 Å². The first kappa shape index (κ1) is 21.9. The van der Waals surface area contributed by atoms with Crippen LogP contribution in [0.4, 0.5) is 13.2 Å². The Kier molecular flexibility index (Phi) is 4.07. The number of ether oxygens (including phenoxy) is 1. The van der Waals surface area contributed by atoms with Gasteiger partial charge in [0, 0.05) is 18.8 Å². The van der Waals surface area contributed by atoms with Crippen molar-refractivity contribution in [3.05, 3.63) is 23.8 Å². The third-order valence-corrected chi connectivity index (χ3v) is 9.91. The maximum Gasteiger partial charge on any atom is 0.303 e. The summed E-state index contributed by atoms with van der Waals surface area (Å²) in [7, 11) is 0. The highest BCUT2D eigenvalue weighted by molar-refractivity contribution is 5.93. The Morgan fingerprint density at radius 3 is 2.38 bits per heavy atom. The number of carbonyl (C=O) groups is 3. The standard InChI is InChI=1S/C25H29F3O4/c1-12-10-17-19-16(7-9-22(17,5)24(12,13(2)29)32-14(3)30)21(4)8-6-15(31)11-18(21)23(26)20(19)25(23,27)28/h11,16-17,19-20H,1,6-10H2,2-5H3/t16-,17-,19+,20?,21+,22-,23?,24-/m0/s1. The van der Waals surface area contributed by atoms with Gasteiger partial charge in [0.2, 0.25) is 5.67 Å². The number of Topliss-reactive ketones (excluding diaryl/α,β-unsaturated/α-hetero) is 1. The molecule has 0 radical (unpaired) electrons. The fourth-order valence-electron chi connectivity index (χ4n) is 8.56. The average molecular weight is 450 g/mol. The van der Waals surface area contributed by atoms with Crippen LogP contribution in [0.2, 0.25) is 0 Å². The summed E-state index contributed by atoms with van der Waals surface area (Å²) >= 11 is 0. The molecule has 0 saturated heterocycles. The monoisotopic (exact) mass is 450 g/mol. The number of esters is 1.